The third-order valence-electron chi connectivity index (χ3n) is 3.78. The monoisotopic (exact) mass is 333 g/mol. The molecule has 0 aromatic heterocycles. The van der Waals surface area contributed by atoms with Gasteiger partial charge in [0.15, 0.2) is 0 Å². The molecule has 0 heterocycles. The third-order valence-corrected chi connectivity index (χ3v) is 6.54. The Kier molecular flexibility index (Phi) is 8.69. The molecule has 1 aromatic rings. The number of hydrogen-bond donors (Lipinski definition) is 0. The average Bonchev–Trinajstić information content (AvgIpc) is 2.44. The number of benzene rings is 1. The minimum Gasteiger partial charge on any atom is -1.00 e. The molecule has 1 unspecified atom stereocenters. The van der Waals surface area contributed by atoms with Gasteiger partial charge in [0.25, 0.3) is 0 Å². The second kappa shape index (κ2) is 8.88. The van der Waals surface area contributed by atoms with Gasteiger partial charge in [-0.25, -0.2) is 0 Å². The Hall–Kier alpha value is -0.433. The van der Waals surface area contributed by atoms with Crippen LogP contribution in [0.3, 0.4) is 0 Å². The SMILES string of the molecule is CO[Si](CCC(c1ccccc1)[N+](C)(C)C)(OC)OC.[Cl-]. The normalized spacial score (nSPS) is 13.6. The molecule has 0 spiro atoms. The molecule has 1 rings (SSSR count). The molecular weight excluding hydrogens is 306 g/mol. The molecule has 122 valence electrons. The van der Waals surface area contributed by atoms with Crippen molar-refractivity contribution in [2.24, 2.45) is 0 Å². The van der Waals surface area contributed by atoms with Gasteiger partial charge in [-0.2, -0.15) is 0 Å². The van der Waals surface area contributed by atoms with Gasteiger partial charge < -0.3 is 30.2 Å². The maximum atomic E-state index is 5.52. The lowest BCUT2D eigenvalue weighted by Gasteiger charge is -2.36. The zero-order valence-electron chi connectivity index (χ0n) is 13.9. The largest absolute Gasteiger partial charge is 1.00 e. The van der Waals surface area contributed by atoms with Crippen LogP contribution in [0.1, 0.15) is 18.0 Å². The summed E-state index contributed by atoms with van der Waals surface area (Å²) in [5.41, 5.74) is 1.34. The Morgan fingerprint density at radius 2 is 1.43 bits per heavy atom. The molecule has 0 aliphatic rings. The fourth-order valence-corrected chi connectivity index (χ4v) is 4.29. The van der Waals surface area contributed by atoms with E-state index in [1.807, 2.05) is 0 Å². The van der Waals surface area contributed by atoms with Gasteiger partial charge in [0.05, 0.1) is 21.1 Å². The first-order chi connectivity index (χ1) is 9.38. The van der Waals surface area contributed by atoms with E-state index in [-0.39, 0.29) is 12.4 Å². The highest BCUT2D eigenvalue weighted by Crippen LogP contribution is 2.31. The number of hydrogen-bond acceptors (Lipinski definition) is 3. The number of rotatable bonds is 8. The van der Waals surface area contributed by atoms with Crippen molar-refractivity contribution in [3.05, 3.63) is 35.9 Å². The van der Waals surface area contributed by atoms with Crippen LogP contribution in [0.25, 0.3) is 0 Å². The fourth-order valence-electron chi connectivity index (χ4n) is 2.55. The second-order valence-electron chi connectivity index (χ2n) is 5.88. The first kappa shape index (κ1) is 20.6. The van der Waals surface area contributed by atoms with Gasteiger partial charge in [0, 0.05) is 39.4 Å². The summed E-state index contributed by atoms with van der Waals surface area (Å²) < 4.78 is 17.4. The van der Waals surface area contributed by atoms with Crippen molar-refractivity contribution < 1.29 is 30.2 Å². The van der Waals surface area contributed by atoms with E-state index in [1.54, 1.807) is 21.3 Å². The molecular formula is C15H28ClNO3Si. The molecule has 0 fully saturated rings. The fraction of sp³-hybridized carbons (Fsp3) is 0.600. The molecule has 6 heteroatoms. The Morgan fingerprint density at radius 1 is 0.952 bits per heavy atom. The van der Waals surface area contributed by atoms with Gasteiger partial charge >= 0.3 is 8.80 Å². The Labute approximate surface area is 136 Å². The molecule has 0 bridgehead atoms. The Bertz CT molecular complexity index is 385. The van der Waals surface area contributed by atoms with Crippen LogP contribution in [0.4, 0.5) is 0 Å². The Balaban J connectivity index is 0.00000400. The zero-order chi connectivity index (χ0) is 15.2. The van der Waals surface area contributed by atoms with Crippen LogP contribution in [0.2, 0.25) is 6.04 Å². The van der Waals surface area contributed by atoms with Crippen molar-refractivity contribution in [3.8, 4) is 0 Å². The molecule has 0 amide bonds. The summed E-state index contributed by atoms with van der Waals surface area (Å²) in [5, 5.41) is 0. The topological polar surface area (TPSA) is 27.7 Å². The van der Waals surface area contributed by atoms with E-state index in [0.717, 1.165) is 16.9 Å². The summed E-state index contributed by atoms with van der Waals surface area (Å²) in [7, 11) is 9.15. The lowest BCUT2D eigenvalue weighted by atomic mass is 10.0. The Morgan fingerprint density at radius 3 is 1.81 bits per heavy atom. The predicted molar refractivity (Wildman–Crippen MR) is 83.4 cm³/mol. The van der Waals surface area contributed by atoms with Crippen LogP contribution in [-0.4, -0.2) is 55.8 Å². The number of halogens is 1. The average molecular weight is 334 g/mol. The van der Waals surface area contributed by atoms with Crippen molar-refractivity contribution in [1.29, 1.82) is 0 Å². The standard InChI is InChI=1S/C15H28NO3Si.ClH/c1-16(2,3)15(14-10-8-7-9-11-14)12-13-20(17-4,18-5)19-6;/h7-11,15H,12-13H2,1-6H3;1H/q+1;/p-1. The summed E-state index contributed by atoms with van der Waals surface area (Å²) >= 11 is 0. The van der Waals surface area contributed by atoms with E-state index in [1.165, 1.54) is 5.56 Å². The maximum absolute atomic E-state index is 5.52. The van der Waals surface area contributed by atoms with Gasteiger partial charge in [0.1, 0.15) is 6.04 Å². The van der Waals surface area contributed by atoms with E-state index < -0.39 is 8.80 Å². The van der Waals surface area contributed by atoms with E-state index >= 15 is 0 Å². The minimum atomic E-state index is -2.50. The molecule has 21 heavy (non-hydrogen) atoms. The smallest absolute Gasteiger partial charge is 0.500 e. The van der Waals surface area contributed by atoms with Crippen LogP contribution in [0, 0.1) is 0 Å². The molecule has 1 aromatic carbocycles. The van der Waals surface area contributed by atoms with Crippen LogP contribution in [-0.2, 0) is 13.3 Å². The van der Waals surface area contributed by atoms with Crippen LogP contribution < -0.4 is 12.4 Å². The van der Waals surface area contributed by atoms with E-state index in [9.17, 15) is 0 Å². The summed E-state index contributed by atoms with van der Waals surface area (Å²) in [5.74, 6) is 0. The summed E-state index contributed by atoms with van der Waals surface area (Å²) in [6.45, 7) is 0. The molecule has 0 radical (unpaired) electrons. The van der Waals surface area contributed by atoms with Crippen LogP contribution in [0.5, 0.6) is 0 Å². The van der Waals surface area contributed by atoms with Crippen molar-refractivity contribution in [2.75, 3.05) is 42.5 Å². The molecule has 1 atom stereocenters. The first-order valence-electron chi connectivity index (χ1n) is 6.90. The van der Waals surface area contributed by atoms with Gasteiger partial charge in [-0.05, 0) is 0 Å². The second-order valence-corrected chi connectivity index (χ2v) is 8.97. The van der Waals surface area contributed by atoms with Crippen molar-refractivity contribution >= 4 is 8.80 Å². The lowest BCUT2D eigenvalue weighted by molar-refractivity contribution is -0.902. The lowest BCUT2D eigenvalue weighted by Crippen LogP contribution is -3.00. The van der Waals surface area contributed by atoms with E-state index in [4.69, 9.17) is 13.3 Å². The van der Waals surface area contributed by atoms with Crippen molar-refractivity contribution in [1.82, 2.24) is 0 Å². The maximum Gasteiger partial charge on any atom is 0.500 e. The zero-order valence-corrected chi connectivity index (χ0v) is 15.7. The molecule has 0 saturated heterocycles. The molecule has 4 nitrogen and oxygen atoms in total. The van der Waals surface area contributed by atoms with Crippen molar-refractivity contribution in [2.45, 2.75) is 18.5 Å². The van der Waals surface area contributed by atoms with Gasteiger partial charge in [-0.15, -0.1) is 0 Å². The first-order valence-corrected chi connectivity index (χ1v) is 8.83. The highest BCUT2D eigenvalue weighted by Gasteiger charge is 2.40. The highest BCUT2D eigenvalue weighted by molar-refractivity contribution is 6.60. The van der Waals surface area contributed by atoms with Crippen LogP contribution >= 0.6 is 0 Å². The molecule has 0 N–H and O–H groups in total. The highest BCUT2D eigenvalue weighted by atomic mass is 35.5. The molecule has 0 aliphatic heterocycles. The predicted octanol–water partition coefficient (Wildman–Crippen LogP) is -0.294. The van der Waals surface area contributed by atoms with Gasteiger partial charge in [-0.3, -0.25) is 0 Å². The summed E-state index contributed by atoms with van der Waals surface area (Å²) in [6.07, 6.45) is 0.968. The minimum absolute atomic E-state index is 0. The van der Waals surface area contributed by atoms with Gasteiger partial charge in [-0.1, -0.05) is 30.3 Å². The summed E-state index contributed by atoms with van der Waals surface area (Å²) in [4.78, 5) is 0. The van der Waals surface area contributed by atoms with E-state index in [2.05, 4.69) is 51.5 Å². The van der Waals surface area contributed by atoms with E-state index in [0.29, 0.717) is 6.04 Å². The summed E-state index contributed by atoms with van der Waals surface area (Å²) in [6, 6.07) is 11.8. The molecule has 0 saturated carbocycles. The number of nitrogens with zero attached hydrogens (tertiary/aromatic N) is 1. The van der Waals surface area contributed by atoms with Crippen LogP contribution in [0.15, 0.2) is 30.3 Å². The quantitative estimate of drug-likeness (QED) is 0.483. The van der Waals surface area contributed by atoms with Gasteiger partial charge in [0.2, 0.25) is 0 Å². The number of quaternary nitrogens is 1. The van der Waals surface area contributed by atoms with Crippen molar-refractivity contribution in [3.63, 3.8) is 0 Å². The molecule has 0 aliphatic carbocycles. The third kappa shape index (κ3) is 5.69.